The van der Waals surface area contributed by atoms with E-state index in [9.17, 15) is 9.59 Å². The molecule has 0 N–H and O–H groups in total. The summed E-state index contributed by atoms with van der Waals surface area (Å²) in [4.78, 5) is 23.7. The van der Waals surface area contributed by atoms with E-state index in [0.717, 1.165) is 5.56 Å². The van der Waals surface area contributed by atoms with E-state index < -0.39 is 23.8 Å². The van der Waals surface area contributed by atoms with Gasteiger partial charge in [0.25, 0.3) is 0 Å². The van der Waals surface area contributed by atoms with Gasteiger partial charge < -0.3 is 14.2 Å². The average molecular weight is 306 g/mol. The van der Waals surface area contributed by atoms with Gasteiger partial charge in [0.15, 0.2) is 6.10 Å². The zero-order valence-corrected chi connectivity index (χ0v) is 13.6. The monoisotopic (exact) mass is 306 g/mol. The van der Waals surface area contributed by atoms with Crippen LogP contribution in [0.15, 0.2) is 36.4 Å². The average Bonchev–Trinajstić information content (AvgIpc) is 2.42. The molecule has 0 fully saturated rings. The van der Waals surface area contributed by atoms with Crippen LogP contribution in [0.2, 0.25) is 0 Å². The molecule has 0 aromatic heterocycles. The van der Waals surface area contributed by atoms with E-state index in [-0.39, 0.29) is 5.57 Å². The summed E-state index contributed by atoms with van der Waals surface area (Å²) < 4.78 is 15.1. The Morgan fingerprint density at radius 1 is 1.18 bits per heavy atom. The number of ether oxygens (including phenoxy) is 3. The van der Waals surface area contributed by atoms with Gasteiger partial charge in [-0.3, -0.25) is 0 Å². The van der Waals surface area contributed by atoms with Gasteiger partial charge in [-0.15, -0.1) is 0 Å². The summed E-state index contributed by atoms with van der Waals surface area (Å²) >= 11 is 0. The fraction of sp³-hybridized carbons (Fsp3) is 0.412. The number of carbonyl (C=O) groups excluding carboxylic acids is 2. The van der Waals surface area contributed by atoms with Crippen molar-refractivity contribution in [3.8, 4) is 0 Å². The third-order valence-corrected chi connectivity index (χ3v) is 2.84. The van der Waals surface area contributed by atoms with Gasteiger partial charge in [-0.05, 0) is 33.3 Å². The maximum absolute atomic E-state index is 11.9. The molecule has 22 heavy (non-hydrogen) atoms. The summed E-state index contributed by atoms with van der Waals surface area (Å²) in [6.07, 6.45) is -1.82. The number of hydrogen-bond donors (Lipinski definition) is 0. The van der Waals surface area contributed by atoms with Gasteiger partial charge in [-0.25, -0.2) is 9.59 Å². The Kier molecular flexibility index (Phi) is 5.74. The molecule has 1 unspecified atom stereocenters. The molecule has 0 saturated heterocycles. The predicted molar refractivity (Wildman–Crippen MR) is 82.4 cm³/mol. The number of benzene rings is 1. The highest BCUT2D eigenvalue weighted by Crippen LogP contribution is 2.29. The summed E-state index contributed by atoms with van der Waals surface area (Å²) in [5.74, 6) is -0.642. The Morgan fingerprint density at radius 3 is 2.27 bits per heavy atom. The summed E-state index contributed by atoms with van der Waals surface area (Å²) in [6, 6.07) is 7.26. The second-order valence-corrected chi connectivity index (χ2v) is 5.84. The van der Waals surface area contributed by atoms with Crippen molar-refractivity contribution in [2.75, 3.05) is 7.11 Å². The number of aryl methyl sites for hydroxylation is 1. The lowest BCUT2D eigenvalue weighted by atomic mass is 9.98. The molecular formula is C17H22O5. The molecule has 0 spiro atoms. The highest BCUT2D eigenvalue weighted by Gasteiger charge is 2.29. The van der Waals surface area contributed by atoms with Crippen LogP contribution in [-0.4, -0.2) is 24.8 Å². The van der Waals surface area contributed by atoms with Crippen LogP contribution >= 0.6 is 0 Å². The highest BCUT2D eigenvalue weighted by molar-refractivity contribution is 5.89. The van der Waals surface area contributed by atoms with Crippen LogP contribution in [-0.2, 0) is 19.0 Å². The highest BCUT2D eigenvalue weighted by atomic mass is 16.7. The van der Waals surface area contributed by atoms with Crippen LogP contribution in [0.5, 0.6) is 0 Å². The van der Waals surface area contributed by atoms with Crippen LogP contribution in [0.3, 0.4) is 0 Å². The lowest BCUT2D eigenvalue weighted by molar-refractivity contribution is -0.137. The Labute approximate surface area is 130 Å². The quantitative estimate of drug-likeness (QED) is 0.626. The standard InChI is InChI=1S/C17H22O5/c1-11-9-7-8-10-13(11)14(12(2)15(18)20-6)21-16(19)22-17(3,4)5/h7-10,14H,2H2,1,3-6H3. The molecule has 0 heterocycles. The number of methoxy groups -OCH3 is 1. The van der Waals surface area contributed by atoms with Gasteiger partial charge >= 0.3 is 12.1 Å². The maximum Gasteiger partial charge on any atom is 0.509 e. The van der Waals surface area contributed by atoms with Crippen molar-refractivity contribution < 1.29 is 23.8 Å². The van der Waals surface area contributed by atoms with Crippen molar-refractivity contribution in [3.63, 3.8) is 0 Å². The minimum Gasteiger partial charge on any atom is -0.466 e. The first kappa shape index (κ1) is 17.8. The fourth-order valence-electron chi connectivity index (χ4n) is 1.81. The normalized spacial score (nSPS) is 12.2. The molecule has 0 aliphatic heterocycles. The van der Waals surface area contributed by atoms with E-state index in [2.05, 4.69) is 11.3 Å². The SMILES string of the molecule is C=C(C(=O)OC)C(OC(=O)OC(C)(C)C)c1ccccc1C. The van der Waals surface area contributed by atoms with Crippen molar-refractivity contribution in [3.05, 3.63) is 47.5 Å². The Hall–Kier alpha value is -2.30. The topological polar surface area (TPSA) is 61.8 Å². The molecule has 0 amide bonds. The predicted octanol–water partition coefficient (Wildman–Crippen LogP) is 3.72. The maximum atomic E-state index is 11.9. The van der Waals surface area contributed by atoms with E-state index in [1.54, 1.807) is 32.9 Å². The molecule has 0 saturated carbocycles. The lowest BCUT2D eigenvalue weighted by Crippen LogP contribution is -2.27. The summed E-state index contributed by atoms with van der Waals surface area (Å²) in [7, 11) is 1.25. The van der Waals surface area contributed by atoms with Crippen LogP contribution in [0.25, 0.3) is 0 Å². The summed E-state index contributed by atoms with van der Waals surface area (Å²) in [5, 5.41) is 0. The second kappa shape index (κ2) is 7.11. The third kappa shape index (κ3) is 4.91. The van der Waals surface area contributed by atoms with Gasteiger partial charge in [0.05, 0.1) is 12.7 Å². The largest absolute Gasteiger partial charge is 0.509 e. The van der Waals surface area contributed by atoms with Gasteiger partial charge in [0.2, 0.25) is 0 Å². The third-order valence-electron chi connectivity index (χ3n) is 2.84. The van der Waals surface area contributed by atoms with Crippen molar-refractivity contribution in [1.29, 1.82) is 0 Å². The molecule has 0 bridgehead atoms. The number of esters is 1. The zero-order chi connectivity index (χ0) is 16.9. The van der Waals surface area contributed by atoms with Gasteiger partial charge in [-0.2, -0.15) is 0 Å². The molecular weight excluding hydrogens is 284 g/mol. The first-order chi connectivity index (χ1) is 10.2. The minimum atomic E-state index is -0.955. The molecule has 0 aliphatic carbocycles. The van der Waals surface area contributed by atoms with E-state index in [4.69, 9.17) is 9.47 Å². The molecule has 5 nitrogen and oxygen atoms in total. The lowest BCUT2D eigenvalue weighted by Gasteiger charge is -2.24. The second-order valence-electron chi connectivity index (χ2n) is 5.84. The summed E-state index contributed by atoms with van der Waals surface area (Å²) in [5.41, 5.74) is 0.854. The van der Waals surface area contributed by atoms with Gasteiger partial charge in [-0.1, -0.05) is 30.8 Å². The molecule has 1 aromatic carbocycles. The minimum absolute atomic E-state index is 0.0302. The van der Waals surface area contributed by atoms with E-state index in [0.29, 0.717) is 5.56 Å². The first-order valence-electron chi connectivity index (χ1n) is 6.88. The molecule has 5 heteroatoms. The number of rotatable bonds is 4. The first-order valence-corrected chi connectivity index (χ1v) is 6.88. The van der Waals surface area contributed by atoms with Crippen molar-refractivity contribution in [2.45, 2.75) is 39.4 Å². The Morgan fingerprint density at radius 2 is 1.77 bits per heavy atom. The molecule has 120 valence electrons. The van der Waals surface area contributed by atoms with Crippen molar-refractivity contribution in [2.24, 2.45) is 0 Å². The number of hydrogen-bond acceptors (Lipinski definition) is 5. The molecule has 1 atom stereocenters. The van der Waals surface area contributed by atoms with Gasteiger partial charge in [0, 0.05) is 5.56 Å². The van der Waals surface area contributed by atoms with E-state index in [1.807, 2.05) is 19.1 Å². The van der Waals surface area contributed by atoms with E-state index >= 15 is 0 Å². The van der Waals surface area contributed by atoms with Crippen LogP contribution in [0, 0.1) is 6.92 Å². The number of carbonyl (C=O) groups is 2. The molecule has 1 aromatic rings. The van der Waals surface area contributed by atoms with E-state index in [1.165, 1.54) is 7.11 Å². The smallest absolute Gasteiger partial charge is 0.466 e. The zero-order valence-electron chi connectivity index (χ0n) is 13.6. The molecule has 0 aliphatic rings. The molecule has 0 radical (unpaired) electrons. The van der Waals surface area contributed by atoms with Crippen molar-refractivity contribution >= 4 is 12.1 Å². The Bertz CT molecular complexity index is 569. The fourth-order valence-corrected chi connectivity index (χ4v) is 1.81. The van der Waals surface area contributed by atoms with Gasteiger partial charge in [0.1, 0.15) is 5.60 Å². The van der Waals surface area contributed by atoms with Crippen LogP contribution in [0.1, 0.15) is 38.0 Å². The molecule has 1 rings (SSSR count). The van der Waals surface area contributed by atoms with Crippen molar-refractivity contribution in [1.82, 2.24) is 0 Å². The summed E-state index contributed by atoms with van der Waals surface area (Å²) in [6.45, 7) is 10.7. The van der Waals surface area contributed by atoms with Crippen LogP contribution in [0.4, 0.5) is 4.79 Å². The Balaban J connectivity index is 3.08. The van der Waals surface area contributed by atoms with Crippen LogP contribution < -0.4 is 0 Å².